The maximum absolute atomic E-state index is 13.0. The van der Waals surface area contributed by atoms with Gasteiger partial charge in [0.05, 0.1) is 5.56 Å². The SMILES string of the molecule is CN(c1cccc(CN)c1)c1ncccc1C(F)(F)F. The Morgan fingerprint density at radius 1 is 1.20 bits per heavy atom. The predicted octanol–water partition coefficient (Wildman–Crippen LogP) is 3.33. The van der Waals surface area contributed by atoms with Gasteiger partial charge < -0.3 is 10.6 Å². The summed E-state index contributed by atoms with van der Waals surface area (Å²) in [5.74, 6) is -0.130. The maximum Gasteiger partial charge on any atom is 0.419 e. The van der Waals surface area contributed by atoms with E-state index in [-0.39, 0.29) is 5.82 Å². The Balaban J connectivity index is 2.45. The molecule has 0 aliphatic carbocycles. The second kappa shape index (κ2) is 5.50. The zero-order chi connectivity index (χ0) is 14.8. The number of alkyl halides is 3. The number of hydrogen-bond acceptors (Lipinski definition) is 3. The molecule has 6 heteroatoms. The van der Waals surface area contributed by atoms with Crippen molar-refractivity contribution in [2.75, 3.05) is 11.9 Å². The number of hydrogen-bond donors (Lipinski definition) is 1. The van der Waals surface area contributed by atoms with Gasteiger partial charge >= 0.3 is 6.18 Å². The molecule has 0 atom stereocenters. The van der Waals surface area contributed by atoms with E-state index in [1.54, 1.807) is 25.2 Å². The zero-order valence-corrected chi connectivity index (χ0v) is 10.9. The van der Waals surface area contributed by atoms with Crippen LogP contribution in [0.15, 0.2) is 42.6 Å². The third-order valence-corrected chi connectivity index (χ3v) is 2.94. The Labute approximate surface area is 114 Å². The molecule has 0 aliphatic heterocycles. The molecule has 1 heterocycles. The average Bonchev–Trinajstić information content (AvgIpc) is 2.45. The third-order valence-electron chi connectivity index (χ3n) is 2.94. The molecule has 2 aromatic rings. The van der Waals surface area contributed by atoms with Crippen molar-refractivity contribution < 1.29 is 13.2 Å². The Kier molecular flexibility index (Phi) is 3.94. The fourth-order valence-electron chi connectivity index (χ4n) is 1.90. The molecule has 106 valence electrons. The first-order valence-electron chi connectivity index (χ1n) is 5.98. The van der Waals surface area contributed by atoms with Crippen LogP contribution in [-0.2, 0) is 12.7 Å². The zero-order valence-electron chi connectivity index (χ0n) is 10.9. The minimum atomic E-state index is -4.44. The van der Waals surface area contributed by atoms with Gasteiger partial charge in [0, 0.05) is 25.5 Å². The number of rotatable bonds is 3. The summed E-state index contributed by atoms with van der Waals surface area (Å²) in [4.78, 5) is 5.26. The summed E-state index contributed by atoms with van der Waals surface area (Å²) < 4.78 is 38.9. The molecule has 1 aromatic carbocycles. The standard InChI is InChI=1S/C14H14F3N3/c1-20(11-5-2-4-10(8-11)9-18)13-12(14(15,16)17)6-3-7-19-13/h2-8H,9,18H2,1H3. The average molecular weight is 281 g/mol. The van der Waals surface area contributed by atoms with Crippen LogP contribution in [0.3, 0.4) is 0 Å². The highest BCUT2D eigenvalue weighted by Gasteiger charge is 2.35. The van der Waals surface area contributed by atoms with Crippen LogP contribution >= 0.6 is 0 Å². The van der Waals surface area contributed by atoms with Crippen LogP contribution in [-0.4, -0.2) is 12.0 Å². The van der Waals surface area contributed by atoms with Crippen LogP contribution in [0.5, 0.6) is 0 Å². The molecule has 0 fully saturated rings. The van der Waals surface area contributed by atoms with Gasteiger partial charge in [0.15, 0.2) is 0 Å². The summed E-state index contributed by atoms with van der Waals surface area (Å²) in [5.41, 5.74) is 6.23. The van der Waals surface area contributed by atoms with Crippen LogP contribution in [0.4, 0.5) is 24.7 Å². The van der Waals surface area contributed by atoms with E-state index < -0.39 is 11.7 Å². The quantitative estimate of drug-likeness (QED) is 0.938. The summed E-state index contributed by atoms with van der Waals surface area (Å²) in [6, 6.07) is 9.33. The number of nitrogens with zero attached hydrogens (tertiary/aromatic N) is 2. The summed E-state index contributed by atoms with van der Waals surface area (Å²) in [5, 5.41) is 0. The van der Waals surface area contributed by atoms with Gasteiger partial charge in [-0.1, -0.05) is 12.1 Å². The van der Waals surface area contributed by atoms with Gasteiger partial charge in [-0.25, -0.2) is 4.98 Å². The Bertz CT molecular complexity index is 596. The second-order valence-corrected chi connectivity index (χ2v) is 4.31. The van der Waals surface area contributed by atoms with Crippen LogP contribution in [0.1, 0.15) is 11.1 Å². The highest BCUT2D eigenvalue weighted by atomic mass is 19.4. The molecule has 2 rings (SSSR count). The molecule has 0 saturated heterocycles. The van der Waals surface area contributed by atoms with Crippen molar-refractivity contribution in [3.63, 3.8) is 0 Å². The molecule has 0 bridgehead atoms. The molecule has 0 radical (unpaired) electrons. The van der Waals surface area contributed by atoms with E-state index in [0.717, 1.165) is 11.6 Å². The first kappa shape index (κ1) is 14.3. The summed E-state index contributed by atoms with van der Waals surface area (Å²) >= 11 is 0. The van der Waals surface area contributed by atoms with E-state index >= 15 is 0 Å². The lowest BCUT2D eigenvalue weighted by Crippen LogP contribution is -2.18. The minimum Gasteiger partial charge on any atom is -0.329 e. The minimum absolute atomic E-state index is 0.130. The van der Waals surface area contributed by atoms with Gasteiger partial charge in [-0.15, -0.1) is 0 Å². The van der Waals surface area contributed by atoms with Gasteiger partial charge in [-0.05, 0) is 29.8 Å². The molecular formula is C14H14F3N3. The van der Waals surface area contributed by atoms with Gasteiger partial charge in [0.2, 0.25) is 0 Å². The van der Waals surface area contributed by atoms with Gasteiger partial charge in [0.1, 0.15) is 5.82 Å². The van der Waals surface area contributed by atoms with E-state index in [4.69, 9.17) is 5.73 Å². The smallest absolute Gasteiger partial charge is 0.329 e. The van der Waals surface area contributed by atoms with Crippen molar-refractivity contribution in [1.82, 2.24) is 4.98 Å². The lowest BCUT2D eigenvalue weighted by Gasteiger charge is -2.22. The molecule has 0 amide bonds. The monoisotopic (exact) mass is 281 g/mol. The van der Waals surface area contributed by atoms with Crippen molar-refractivity contribution in [3.8, 4) is 0 Å². The van der Waals surface area contributed by atoms with Crippen LogP contribution in [0, 0.1) is 0 Å². The number of halogens is 3. The number of anilines is 2. The van der Waals surface area contributed by atoms with E-state index in [1.165, 1.54) is 17.2 Å². The van der Waals surface area contributed by atoms with Crippen LogP contribution < -0.4 is 10.6 Å². The van der Waals surface area contributed by atoms with E-state index in [1.807, 2.05) is 6.07 Å². The third kappa shape index (κ3) is 2.91. The van der Waals surface area contributed by atoms with Crippen LogP contribution in [0.2, 0.25) is 0 Å². The van der Waals surface area contributed by atoms with E-state index in [2.05, 4.69) is 4.98 Å². The normalized spacial score (nSPS) is 11.4. The molecule has 0 unspecified atom stereocenters. The lowest BCUT2D eigenvalue weighted by atomic mass is 10.1. The van der Waals surface area contributed by atoms with Crippen molar-refractivity contribution in [2.24, 2.45) is 5.73 Å². The molecule has 2 N–H and O–H groups in total. The Hall–Kier alpha value is -2.08. The molecule has 3 nitrogen and oxygen atoms in total. The molecule has 20 heavy (non-hydrogen) atoms. The van der Waals surface area contributed by atoms with E-state index in [9.17, 15) is 13.2 Å². The van der Waals surface area contributed by atoms with Crippen molar-refractivity contribution >= 4 is 11.5 Å². The maximum atomic E-state index is 13.0. The van der Waals surface area contributed by atoms with Crippen molar-refractivity contribution in [3.05, 3.63) is 53.7 Å². The van der Waals surface area contributed by atoms with Crippen molar-refractivity contribution in [1.29, 1.82) is 0 Å². The summed E-state index contributed by atoms with van der Waals surface area (Å²) in [6.07, 6.45) is -3.10. The molecule has 0 spiro atoms. The van der Waals surface area contributed by atoms with Gasteiger partial charge in [-0.2, -0.15) is 13.2 Å². The Morgan fingerprint density at radius 2 is 1.95 bits per heavy atom. The number of benzene rings is 1. The van der Waals surface area contributed by atoms with Crippen molar-refractivity contribution in [2.45, 2.75) is 12.7 Å². The second-order valence-electron chi connectivity index (χ2n) is 4.31. The summed E-state index contributed by atoms with van der Waals surface area (Å²) in [7, 11) is 1.55. The molecule has 1 aromatic heterocycles. The van der Waals surface area contributed by atoms with Gasteiger partial charge in [-0.3, -0.25) is 0 Å². The highest BCUT2D eigenvalue weighted by molar-refractivity contribution is 5.63. The molecule has 0 saturated carbocycles. The predicted molar refractivity (Wildman–Crippen MR) is 71.6 cm³/mol. The first-order valence-corrected chi connectivity index (χ1v) is 5.98. The fourth-order valence-corrected chi connectivity index (χ4v) is 1.90. The van der Waals surface area contributed by atoms with Gasteiger partial charge in [0.25, 0.3) is 0 Å². The van der Waals surface area contributed by atoms with Crippen LogP contribution in [0.25, 0.3) is 0 Å². The molecule has 0 aliphatic rings. The largest absolute Gasteiger partial charge is 0.419 e. The lowest BCUT2D eigenvalue weighted by molar-refractivity contribution is -0.137. The van der Waals surface area contributed by atoms with E-state index in [0.29, 0.717) is 12.2 Å². The number of pyridine rings is 1. The fraction of sp³-hybridized carbons (Fsp3) is 0.214. The Morgan fingerprint density at radius 3 is 2.60 bits per heavy atom. The number of aromatic nitrogens is 1. The summed E-state index contributed by atoms with van der Waals surface area (Å²) in [6.45, 7) is 0.329. The topological polar surface area (TPSA) is 42.1 Å². The highest BCUT2D eigenvalue weighted by Crippen LogP contribution is 2.36. The number of nitrogens with two attached hydrogens (primary N) is 1. The first-order chi connectivity index (χ1) is 9.43. The molecular weight excluding hydrogens is 267 g/mol.